The van der Waals surface area contributed by atoms with Crippen molar-refractivity contribution >= 4 is 56.5 Å². The Bertz CT molecular complexity index is 1300. The van der Waals surface area contributed by atoms with Crippen molar-refractivity contribution in [3.8, 4) is 0 Å². The van der Waals surface area contributed by atoms with Gasteiger partial charge in [-0.25, -0.2) is 13.2 Å². The van der Waals surface area contributed by atoms with E-state index in [1.165, 1.54) is 43.5 Å². The summed E-state index contributed by atoms with van der Waals surface area (Å²) in [5.74, 6) is -1.26. The number of aryl methyl sites for hydroxylation is 1. The van der Waals surface area contributed by atoms with E-state index in [2.05, 4.69) is 10.1 Å². The first-order valence-corrected chi connectivity index (χ1v) is 11.8. The van der Waals surface area contributed by atoms with Crippen molar-refractivity contribution < 1.29 is 22.7 Å². The summed E-state index contributed by atoms with van der Waals surface area (Å²) in [6.07, 6.45) is 0. The Morgan fingerprint density at radius 1 is 1.00 bits per heavy atom. The molecule has 172 valence electrons. The molecule has 0 aliphatic rings. The zero-order valence-corrected chi connectivity index (χ0v) is 20.0. The van der Waals surface area contributed by atoms with Crippen molar-refractivity contribution in [1.82, 2.24) is 0 Å². The third kappa shape index (κ3) is 5.65. The highest BCUT2D eigenvalue weighted by Gasteiger charge is 2.28. The summed E-state index contributed by atoms with van der Waals surface area (Å²) >= 11 is 12.2. The van der Waals surface area contributed by atoms with Gasteiger partial charge in [0.1, 0.15) is 6.54 Å². The van der Waals surface area contributed by atoms with Crippen LogP contribution in [0.15, 0.2) is 71.6 Å². The topological polar surface area (TPSA) is 92.8 Å². The molecule has 1 N–H and O–H groups in total. The van der Waals surface area contributed by atoms with Crippen LogP contribution < -0.4 is 9.62 Å². The molecule has 33 heavy (non-hydrogen) atoms. The highest BCUT2D eigenvalue weighted by molar-refractivity contribution is 7.92. The molecule has 3 aromatic rings. The van der Waals surface area contributed by atoms with E-state index in [1.807, 2.05) is 0 Å². The van der Waals surface area contributed by atoms with Crippen LogP contribution in [0.25, 0.3) is 0 Å². The Morgan fingerprint density at radius 3 is 2.33 bits per heavy atom. The lowest BCUT2D eigenvalue weighted by molar-refractivity contribution is -0.114. The average Bonchev–Trinajstić information content (AvgIpc) is 2.79. The van der Waals surface area contributed by atoms with E-state index in [0.717, 1.165) is 4.31 Å². The summed E-state index contributed by atoms with van der Waals surface area (Å²) in [7, 11) is -2.86. The number of hydrogen-bond donors (Lipinski definition) is 1. The maximum atomic E-state index is 13.4. The second kappa shape index (κ2) is 10.2. The largest absolute Gasteiger partial charge is 0.465 e. The summed E-state index contributed by atoms with van der Waals surface area (Å²) in [6.45, 7) is 1.15. The quantitative estimate of drug-likeness (QED) is 0.459. The molecular weight excluding hydrogens is 487 g/mol. The molecule has 0 aliphatic heterocycles. The van der Waals surface area contributed by atoms with Crippen LogP contribution in [-0.4, -0.2) is 33.9 Å². The molecule has 0 atom stereocenters. The number of nitrogens with zero attached hydrogens (tertiary/aromatic N) is 1. The minimum absolute atomic E-state index is 0.0258. The fourth-order valence-electron chi connectivity index (χ4n) is 3.10. The Labute approximate surface area is 201 Å². The smallest absolute Gasteiger partial charge is 0.337 e. The molecule has 0 spiro atoms. The standard InChI is InChI=1S/C23H20Cl2N2O5S/c1-15-12-17(24)9-11-21(15)27(33(30,31)18-6-4-3-5-7-18)14-22(28)26-20-13-16(23(29)32-2)8-10-19(20)25/h3-13H,14H2,1-2H3,(H,26,28). The molecule has 3 rings (SSSR count). The number of hydrogen-bond acceptors (Lipinski definition) is 5. The lowest BCUT2D eigenvalue weighted by Crippen LogP contribution is -2.38. The fraction of sp³-hybridized carbons (Fsp3) is 0.130. The normalized spacial score (nSPS) is 11.0. The number of esters is 1. The predicted molar refractivity (Wildman–Crippen MR) is 129 cm³/mol. The molecule has 0 bridgehead atoms. The van der Waals surface area contributed by atoms with E-state index in [0.29, 0.717) is 16.3 Å². The predicted octanol–water partition coefficient (Wildman–Crippen LogP) is 4.92. The molecule has 3 aromatic carbocycles. The van der Waals surface area contributed by atoms with Gasteiger partial charge in [0.15, 0.2) is 0 Å². The lowest BCUT2D eigenvalue weighted by atomic mass is 10.2. The van der Waals surface area contributed by atoms with Crippen molar-refractivity contribution in [2.24, 2.45) is 0 Å². The number of rotatable bonds is 7. The summed E-state index contributed by atoms with van der Waals surface area (Å²) in [5.41, 5.74) is 1.20. The monoisotopic (exact) mass is 506 g/mol. The molecule has 0 aliphatic carbocycles. The second-order valence-corrected chi connectivity index (χ2v) is 9.70. The number of carbonyl (C=O) groups is 2. The van der Waals surface area contributed by atoms with Crippen molar-refractivity contribution in [2.45, 2.75) is 11.8 Å². The molecule has 0 heterocycles. The van der Waals surface area contributed by atoms with Crippen LogP contribution in [0.3, 0.4) is 0 Å². The number of carbonyl (C=O) groups excluding carboxylic acids is 2. The van der Waals surface area contributed by atoms with Crippen LogP contribution in [0.5, 0.6) is 0 Å². The summed E-state index contributed by atoms with van der Waals surface area (Å²) in [5, 5.41) is 3.18. The molecule has 0 fully saturated rings. The van der Waals surface area contributed by atoms with E-state index in [9.17, 15) is 18.0 Å². The van der Waals surface area contributed by atoms with Gasteiger partial charge >= 0.3 is 5.97 Å². The lowest BCUT2D eigenvalue weighted by Gasteiger charge is -2.26. The van der Waals surface area contributed by atoms with Gasteiger partial charge in [-0.3, -0.25) is 9.10 Å². The first kappa shape index (κ1) is 24.6. The van der Waals surface area contributed by atoms with Gasteiger partial charge in [0, 0.05) is 5.02 Å². The van der Waals surface area contributed by atoms with Crippen molar-refractivity contribution in [3.63, 3.8) is 0 Å². The fourth-order valence-corrected chi connectivity index (χ4v) is 5.00. The number of halogens is 2. The Balaban J connectivity index is 1.97. The summed E-state index contributed by atoms with van der Waals surface area (Å²) in [4.78, 5) is 24.8. The molecule has 7 nitrogen and oxygen atoms in total. The first-order chi connectivity index (χ1) is 15.6. The molecular formula is C23H20Cl2N2O5S. The van der Waals surface area contributed by atoms with Crippen molar-refractivity contribution in [2.75, 3.05) is 23.3 Å². The molecule has 0 aromatic heterocycles. The second-order valence-electron chi connectivity index (χ2n) is 6.99. The van der Waals surface area contributed by atoms with E-state index in [-0.39, 0.29) is 21.2 Å². The summed E-state index contributed by atoms with van der Waals surface area (Å²) in [6, 6.07) is 16.7. The maximum absolute atomic E-state index is 13.4. The van der Waals surface area contributed by atoms with Crippen LogP contribution in [-0.2, 0) is 19.6 Å². The van der Waals surface area contributed by atoms with Crippen LogP contribution in [0.2, 0.25) is 10.0 Å². The zero-order valence-electron chi connectivity index (χ0n) is 17.7. The molecule has 0 radical (unpaired) electrons. The third-order valence-electron chi connectivity index (χ3n) is 4.71. The Kier molecular flexibility index (Phi) is 7.63. The maximum Gasteiger partial charge on any atom is 0.337 e. The Hall–Kier alpha value is -3.07. The number of sulfonamides is 1. The zero-order chi connectivity index (χ0) is 24.2. The number of benzene rings is 3. The molecule has 0 unspecified atom stereocenters. The Morgan fingerprint density at radius 2 is 1.70 bits per heavy atom. The minimum Gasteiger partial charge on any atom is -0.465 e. The van der Waals surface area contributed by atoms with Gasteiger partial charge < -0.3 is 10.1 Å². The molecule has 10 heteroatoms. The minimum atomic E-state index is -4.09. The van der Waals surface area contributed by atoms with Gasteiger partial charge in [-0.1, -0.05) is 41.4 Å². The first-order valence-electron chi connectivity index (χ1n) is 9.65. The number of anilines is 2. The van der Waals surface area contributed by atoms with Crippen LogP contribution in [0.4, 0.5) is 11.4 Å². The average molecular weight is 507 g/mol. The molecule has 1 amide bonds. The van der Waals surface area contributed by atoms with Crippen molar-refractivity contribution in [1.29, 1.82) is 0 Å². The van der Waals surface area contributed by atoms with E-state index in [1.54, 1.807) is 37.3 Å². The molecule has 0 saturated heterocycles. The van der Waals surface area contributed by atoms with Crippen LogP contribution in [0, 0.1) is 6.92 Å². The highest BCUT2D eigenvalue weighted by atomic mass is 35.5. The van der Waals surface area contributed by atoms with Crippen molar-refractivity contribution in [3.05, 3.63) is 87.9 Å². The number of ether oxygens (including phenoxy) is 1. The van der Waals surface area contributed by atoms with Gasteiger partial charge in [0.2, 0.25) is 5.91 Å². The van der Waals surface area contributed by atoms with E-state index in [4.69, 9.17) is 23.2 Å². The molecule has 0 saturated carbocycles. The number of amides is 1. The van der Waals surface area contributed by atoms with Gasteiger partial charge in [0.05, 0.1) is 34.0 Å². The SMILES string of the molecule is COC(=O)c1ccc(Cl)c(NC(=O)CN(c2ccc(Cl)cc2C)S(=O)(=O)c2ccccc2)c1. The third-order valence-corrected chi connectivity index (χ3v) is 7.05. The highest BCUT2D eigenvalue weighted by Crippen LogP contribution is 2.29. The van der Waals surface area contributed by atoms with E-state index < -0.39 is 28.4 Å². The summed E-state index contributed by atoms with van der Waals surface area (Å²) < 4.78 is 32.5. The van der Waals surface area contributed by atoms with Crippen LogP contribution >= 0.6 is 23.2 Å². The number of methoxy groups -OCH3 is 1. The van der Waals surface area contributed by atoms with Gasteiger partial charge in [-0.05, 0) is 61.0 Å². The number of nitrogens with one attached hydrogen (secondary N) is 1. The van der Waals surface area contributed by atoms with Crippen LogP contribution in [0.1, 0.15) is 15.9 Å². The van der Waals surface area contributed by atoms with Gasteiger partial charge in [-0.2, -0.15) is 0 Å². The van der Waals surface area contributed by atoms with E-state index >= 15 is 0 Å². The van der Waals surface area contributed by atoms with Gasteiger partial charge in [-0.15, -0.1) is 0 Å². The van der Waals surface area contributed by atoms with Gasteiger partial charge in [0.25, 0.3) is 10.0 Å².